The van der Waals surface area contributed by atoms with Gasteiger partial charge in [-0.2, -0.15) is 17.7 Å². The first-order chi connectivity index (χ1) is 7.13. The van der Waals surface area contributed by atoms with E-state index < -0.39 is 0 Å². The monoisotopic (exact) mass is 226 g/mol. The molecule has 0 spiro atoms. The molecule has 0 radical (unpaired) electrons. The van der Waals surface area contributed by atoms with Gasteiger partial charge in [0.25, 0.3) is 0 Å². The molecule has 1 amide bonds. The van der Waals surface area contributed by atoms with Crippen molar-refractivity contribution < 1.29 is 4.79 Å². The van der Waals surface area contributed by atoms with Gasteiger partial charge in [-0.1, -0.05) is 0 Å². The summed E-state index contributed by atoms with van der Waals surface area (Å²) in [6.45, 7) is 2.50. The van der Waals surface area contributed by atoms with Crippen molar-refractivity contribution in [3.8, 4) is 0 Å². The Morgan fingerprint density at radius 2 is 2.47 bits per heavy atom. The Labute approximate surface area is 93.4 Å². The van der Waals surface area contributed by atoms with Crippen molar-refractivity contribution in [3.63, 3.8) is 0 Å². The number of hydrogen-bond acceptors (Lipinski definition) is 4. The van der Waals surface area contributed by atoms with Crippen molar-refractivity contribution in [1.82, 2.24) is 10.2 Å². The molecule has 2 heterocycles. The van der Waals surface area contributed by atoms with Crippen molar-refractivity contribution in [2.75, 3.05) is 22.9 Å². The van der Waals surface area contributed by atoms with Gasteiger partial charge in [0, 0.05) is 13.0 Å². The van der Waals surface area contributed by atoms with Crippen molar-refractivity contribution in [2.45, 2.75) is 13.3 Å². The zero-order chi connectivity index (χ0) is 11.0. The maximum atomic E-state index is 11.7. The lowest BCUT2D eigenvalue weighted by molar-refractivity contribution is -0.117. The summed E-state index contributed by atoms with van der Waals surface area (Å²) in [5, 5.41) is 6.83. The molecule has 15 heavy (non-hydrogen) atoms. The number of amides is 1. The van der Waals surface area contributed by atoms with Gasteiger partial charge in [0.1, 0.15) is 0 Å². The summed E-state index contributed by atoms with van der Waals surface area (Å²) >= 11 is 4.20. The van der Waals surface area contributed by atoms with Gasteiger partial charge >= 0.3 is 0 Å². The maximum absolute atomic E-state index is 11.7. The zero-order valence-corrected chi connectivity index (χ0v) is 9.42. The summed E-state index contributed by atoms with van der Waals surface area (Å²) in [6, 6.07) is 0. The second-order valence-electron chi connectivity index (χ2n) is 3.84. The van der Waals surface area contributed by atoms with Crippen LogP contribution in [0.3, 0.4) is 0 Å². The molecule has 1 atom stereocenters. The van der Waals surface area contributed by atoms with Crippen LogP contribution in [-0.4, -0.2) is 28.4 Å². The molecule has 0 bridgehead atoms. The number of nitrogen functional groups attached to an aromatic ring is 1. The Hall–Kier alpha value is -1.17. The van der Waals surface area contributed by atoms with Gasteiger partial charge in [0.05, 0.1) is 11.4 Å². The Bertz CT molecular complexity index is 389. The van der Waals surface area contributed by atoms with Crippen molar-refractivity contribution in [2.24, 2.45) is 5.92 Å². The normalized spacial score (nSPS) is 21.3. The molecule has 6 heteroatoms. The number of carbonyl (C=O) groups is 1. The summed E-state index contributed by atoms with van der Waals surface area (Å²) < 4.78 is 0. The average molecular weight is 226 g/mol. The number of H-pyrrole nitrogens is 1. The number of hydrogen-bond donors (Lipinski definition) is 3. The van der Waals surface area contributed by atoms with E-state index in [-0.39, 0.29) is 5.91 Å². The molecule has 1 aromatic heterocycles. The molecule has 1 aliphatic rings. The third kappa shape index (κ3) is 1.69. The van der Waals surface area contributed by atoms with E-state index >= 15 is 0 Å². The lowest BCUT2D eigenvalue weighted by atomic mass is 10.1. The number of aromatic amines is 1. The van der Waals surface area contributed by atoms with Gasteiger partial charge in [0.2, 0.25) is 5.91 Å². The first-order valence-electron chi connectivity index (χ1n) is 4.85. The Morgan fingerprint density at radius 3 is 2.93 bits per heavy atom. The van der Waals surface area contributed by atoms with Crippen molar-refractivity contribution in [3.05, 3.63) is 5.69 Å². The SMILES string of the molecule is Cc1[nH]nc(N2CC(CS)CC2=O)c1N. The smallest absolute Gasteiger partial charge is 0.228 e. The fourth-order valence-corrected chi connectivity index (χ4v) is 1.98. The Kier molecular flexibility index (Phi) is 2.60. The van der Waals surface area contributed by atoms with E-state index in [1.54, 1.807) is 4.90 Å². The molecule has 1 aliphatic heterocycles. The van der Waals surface area contributed by atoms with Crippen LogP contribution in [0.2, 0.25) is 0 Å². The highest BCUT2D eigenvalue weighted by Gasteiger charge is 2.32. The van der Waals surface area contributed by atoms with Crippen LogP contribution in [0.4, 0.5) is 11.5 Å². The van der Waals surface area contributed by atoms with Gasteiger partial charge in [0.15, 0.2) is 5.82 Å². The number of aromatic nitrogens is 2. The molecule has 82 valence electrons. The molecule has 0 saturated carbocycles. The molecule has 1 unspecified atom stereocenters. The molecular weight excluding hydrogens is 212 g/mol. The van der Waals surface area contributed by atoms with Crippen LogP contribution >= 0.6 is 12.6 Å². The number of thiol groups is 1. The molecule has 3 N–H and O–H groups in total. The van der Waals surface area contributed by atoms with Gasteiger partial charge in [-0.05, 0) is 18.6 Å². The number of nitrogens with two attached hydrogens (primary N) is 1. The molecule has 5 nitrogen and oxygen atoms in total. The molecule has 0 aromatic carbocycles. The fourth-order valence-electron chi connectivity index (χ4n) is 1.74. The Morgan fingerprint density at radius 1 is 1.73 bits per heavy atom. The second-order valence-corrected chi connectivity index (χ2v) is 4.21. The molecular formula is C9H14N4OS. The summed E-state index contributed by atoms with van der Waals surface area (Å²) in [7, 11) is 0. The number of rotatable bonds is 2. The van der Waals surface area contributed by atoms with Crippen LogP contribution in [-0.2, 0) is 4.79 Å². The average Bonchev–Trinajstić information content (AvgIpc) is 2.73. The third-order valence-corrected chi connectivity index (χ3v) is 3.21. The van der Waals surface area contributed by atoms with Gasteiger partial charge in [-0.3, -0.25) is 14.8 Å². The zero-order valence-electron chi connectivity index (χ0n) is 8.53. The van der Waals surface area contributed by atoms with Crippen LogP contribution in [0.5, 0.6) is 0 Å². The maximum Gasteiger partial charge on any atom is 0.228 e. The van der Waals surface area contributed by atoms with E-state index in [4.69, 9.17) is 5.73 Å². The molecule has 1 aromatic rings. The number of nitrogens with zero attached hydrogens (tertiary/aromatic N) is 2. The third-order valence-electron chi connectivity index (χ3n) is 2.69. The summed E-state index contributed by atoms with van der Waals surface area (Å²) in [6.07, 6.45) is 0.537. The number of nitrogens with one attached hydrogen (secondary N) is 1. The van der Waals surface area contributed by atoms with E-state index in [2.05, 4.69) is 22.8 Å². The molecule has 1 saturated heterocycles. The summed E-state index contributed by atoms with van der Waals surface area (Å²) in [5.41, 5.74) is 7.18. The van der Waals surface area contributed by atoms with Gasteiger partial charge in [-0.15, -0.1) is 0 Å². The standard InChI is InChI=1S/C9H14N4OS/c1-5-8(10)9(12-11-5)13-3-6(4-15)2-7(13)14/h6,15H,2-4,10H2,1H3,(H,11,12). The minimum atomic E-state index is 0.0762. The van der Waals surface area contributed by atoms with Crippen molar-refractivity contribution >= 4 is 30.0 Å². The topological polar surface area (TPSA) is 75.0 Å². The number of anilines is 2. The molecule has 0 aliphatic carbocycles. The highest BCUT2D eigenvalue weighted by molar-refractivity contribution is 7.80. The van der Waals surface area contributed by atoms with E-state index in [0.29, 0.717) is 36.1 Å². The second kappa shape index (κ2) is 3.77. The largest absolute Gasteiger partial charge is 0.394 e. The van der Waals surface area contributed by atoms with Gasteiger partial charge in [-0.25, -0.2) is 0 Å². The molecule has 2 rings (SSSR count). The van der Waals surface area contributed by atoms with E-state index in [1.807, 2.05) is 6.92 Å². The minimum absolute atomic E-state index is 0.0762. The molecule has 1 fully saturated rings. The van der Waals surface area contributed by atoms with Gasteiger partial charge < -0.3 is 5.73 Å². The van der Waals surface area contributed by atoms with Crippen LogP contribution in [0.25, 0.3) is 0 Å². The predicted molar refractivity (Wildman–Crippen MR) is 62.1 cm³/mol. The van der Waals surface area contributed by atoms with E-state index in [1.165, 1.54) is 0 Å². The van der Waals surface area contributed by atoms with Crippen LogP contribution in [0.1, 0.15) is 12.1 Å². The van der Waals surface area contributed by atoms with Crippen molar-refractivity contribution in [1.29, 1.82) is 0 Å². The highest BCUT2D eigenvalue weighted by atomic mass is 32.1. The first kappa shape index (κ1) is 10.4. The minimum Gasteiger partial charge on any atom is -0.394 e. The van der Waals surface area contributed by atoms with Crippen LogP contribution in [0.15, 0.2) is 0 Å². The van der Waals surface area contributed by atoms with Crippen LogP contribution in [0, 0.1) is 12.8 Å². The summed E-state index contributed by atoms with van der Waals surface area (Å²) in [5.74, 6) is 1.65. The van der Waals surface area contributed by atoms with E-state index in [9.17, 15) is 4.79 Å². The fraction of sp³-hybridized carbons (Fsp3) is 0.556. The number of aryl methyl sites for hydroxylation is 1. The van der Waals surface area contributed by atoms with Crippen LogP contribution < -0.4 is 10.6 Å². The highest BCUT2D eigenvalue weighted by Crippen LogP contribution is 2.29. The Balaban J connectivity index is 2.25. The predicted octanol–water partition coefficient (Wildman–Crippen LogP) is 0.583. The number of carbonyl (C=O) groups excluding carboxylic acids is 1. The summed E-state index contributed by atoms with van der Waals surface area (Å²) in [4.78, 5) is 13.3. The van der Waals surface area contributed by atoms with E-state index in [0.717, 1.165) is 5.69 Å². The quantitative estimate of drug-likeness (QED) is 0.646. The lowest BCUT2D eigenvalue weighted by Gasteiger charge is -2.13. The lowest BCUT2D eigenvalue weighted by Crippen LogP contribution is -2.25. The first-order valence-corrected chi connectivity index (χ1v) is 5.48.